The SMILES string of the molecule is Clc1ccc(C(Nc2ccc3nnnn3n2)C2CCCC2)cc1. The monoisotopic (exact) mass is 328 g/mol. The first kappa shape index (κ1) is 14.4. The molecule has 0 amide bonds. The largest absolute Gasteiger partial charge is 0.361 e. The van der Waals surface area contributed by atoms with Crippen molar-refractivity contribution < 1.29 is 0 Å². The number of halogens is 1. The van der Waals surface area contributed by atoms with Crippen molar-refractivity contribution in [2.45, 2.75) is 31.7 Å². The molecule has 1 aliphatic carbocycles. The number of fused-ring (bicyclic) bond motifs is 1. The third-order valence-corrected chi connectivity index (χ3v) is 4.73. The Balaban J connectivity index is 1.65. The van der Waals surface area contributed by atoms with Crippen LogP contribution < -0.4 is 5.32 Å². The summed E-state index contributed by atoms with van der Waals surface area (Å²) in [6.07, 6.45) is 5.03. The lowest BCUT2D eigenvalue weighted by molar-refractivity contribution is 0.468. The lowest BCUT2D eigenvalue weighted by atomic mass is 9.91. The summed E-state index contributed by atoms with van der Waals surface area (Å²) < 4.78 is 1.44. The highest BCUT2D eigenvalue weighted by Crippen LogP contribution is 2.37. The van der Waals surface area contributed by atoms with Crippen LogP contribution in [0.4, 0.5) is 5.82 Å². The zero-order valence-corrected chi connectivity index (χ0v) is 13.3. The van der Waals surface area contributed by atoms with E-state index in [2.05, 4.69) is 38.1 Å². The second kappa shape index (κ2) is 6.12. The van der Waals surface area contributed by atoms with Crippen molar-refractivity contribution in [2.75, 3.05) is 5.32 Å². The molecule has 0 spiro atoms. The minimum absolute atomic E-state index is 0.219. The van der Waals surface area contributed by atoms with Gasteiger partial charge in [-0.3, -0.25) is 0 Å². The average molecular weight is 329 g/mol. The van der Waals surface area contributed by atoms with Crippen LogP contribution >= 0.6 is 11.6 Å². The van der Waals surface area contributed by atoms with Gasteiger partial charge in [0.1, 0.15) is 5.82 Å². The molecular weight excluding hydrogens is 312 g/mol. The van der Waals surface area contributed by atoms with Gasteiger partial charge in [-0.05, 0) is 59.0 Å². The first-order valence-corrected chi connectivity index (χ1v) is 8.25. The van der Waals surface area contributed by atoms with Crippen molar-refractivity contribution in [1.82, 2.24) is 25.3 Å². The fourth-order valence-corrected chi connectivity index (χ4v) is 3.45. The zero-order chi connectivity index (χ0) is 15.6. The van der Waals surface area contributed by atoms with E-state index < -0.39 is 0 Å². The molecule has 0 radical (unpaired) electrons. The maximum Gasteiger partial charge on any atom is 0.200 e. The number of nitrogens with zero attached hydrogens (tertiary/aromatic N) is 5. The highest BCUT2D eigenvalue weighted by atomic mass is 35.5. The van der Waals surface area contributed by atoms with Crippen LogP contribution in [0.1, 0.15) is 37.3 Å². The maximum absolute atomic E-state index is 6.03. The van der Waals surface area contributed by atoms with Crippen molar-refractivity contribution in [3.63, 3.8) is 0 Å². The Kier molecular flexibility index (Phi) is 3.83. The summed E-state index contributed by atoms with van der Waals surface area (Å²) in [4.78, 5) is 0. The molecule has 1 aliphatic rings. The molecule has 3 aromatic rings. The van der Waals surface area contributed by atoms with E-state index in [1.807, 2.05) is 24.3 Å². The Morgan fingerprint density at radius 3 is 2.65 bits per heavy atom. The number of hydrogen-bond acceptors (Lipinski definition) is 5. The van der Waals surface area contributed by atoms with Crippen LogP contribution in [0.2, 0.25) is 5.02 Å². The topological polar surface area (TPSA) is 68.0 Å². The van der Waals surface area contributed by atoms with Crippen LogP contribution in [0.15, 0.2) is 36.4 Å². The molecule has 1 unspecified atom stereocenters. The highest BCUT2D eigenvalue weighted by molar-refractivity contribution is 6.30. The Labute approximate surface area is 138 Å². The predicted molar refractivity (Wildman–Crippen MR) is 88.4 cm³/mol. The van der Waals surface area contributed by atoms with Gasteiger partial charge in [0.2, 0.25) is 0 Å². The standard InChI is InChI=1S/C16H17ClN6/c17-13-7-5-12(6-8-13)16(11-3-1-2-4-11)18-14-9-10-15-19-21-22-23(15)20-14/h5-11,16H,1-4H2,(H,18,20). The molecule has 2 aromatic heterocycles. The van der Waals surface area contributed by atoms with E-state index in [1.165, 1.54) is 35.9 Å². The molecule has 1 aromatic carbocycles. The summed E-state index contributed by atoms with van der Waals surface area (Å²) in [6, 6.07) is 12.1. The van der Waals surface area contributed by atoms with Crippen molar-refractivity contribution >= 4 is 23.1 Å². The van der Waals surface area contributed by atoms with Crippen molar-refractivity contribution in [3.8, 4) is 0 Å². The van der Waals surface area contributed by atoms with Crippen molar-refractivity contribution in [1.29, 1.82) is 0 Å². The molecule has 1 atom stereocenters. The number of benzene rings is 1. The van der Waals surface area contributed by atoms with Crippen LogP contribution in [0.3, 0.4) is 0 Å². The maximum atomic E-state index is 6.03. The van der Waals surface area contributed by atoms with Crippen LogP contribution in [0.25, 0.3) is 5.65 Å². The van der Waals surface area contributed by atoms with Gasteiger partial charge in [-0.15, -0.1) is 14.8 Å². The summed E-state index contributed by atoms with van der Waals surface area (Å²) in [5.74, 6) is 1.37. The van der Waals surface area contributed by atoms with Gasteiger partial charge in [-0.2, -0.15) is 0 Å². The van der Waals surface area contributed by atoms with Crippen LogP contribution in [-0.2, 0) is 0 Å². The van der Waals surface area contributed by atoms with E-state index in [0.29, 0.717) is 11.6 Å². The third-order valence-electron chi connectivity index (χ3n) is 4.47. The summed E-state index contributed by atoms with van der Waals surface area (Å²) in [5.41, 5.74) is 1.87. The van der Waals surface area contributed by atoms with Gasteiger partial charge < -0.3 is 5.32 Å². The van der Waals surface area contributed by atoms with E-state index in [4.69, 9.17) is 11.6 Å². The summed E-state index contributed by atoms with van der Waals surface area (Å²) >= 11 is 6.03. The minimum atomic E-state index is 0.219. The van der Waals surface area contributed by atoms with Crippen LogP contribution in [0.5, 0.6) is 0 Å². The van der Waals surface area contributed by atoms with Crippen LogP contribution in [-0.4, -0.2) is 25.3 Å². The Morgan fingerprint density at radius 1 is 1.09 bits per heavy atom. The lowest BCUT2D eigenvalue weighted by Crippen LogP contribution is -2.20. The highest BCUT2D eigenvalue weighted by Gasteiger charge is 2.26. The normalized spacial score (nSPS) is 16.7. The van der Waals surface area contributed by atoms with Crippen molar-refractivity contribution in [2.24, 2.45) is 5.92 Å². The smallest absolute Gasteiger partial charge is 0.200 e. The van der Waals surface area contributed by atoms with Gasteiger partial charge in [-0.1, -0.05) is 36.6 Å². The second-order valence-corrected chi connectivity index (χ2v) is 6.40. The van der Waals surface area contributed by atoms with Gasteiger partial charge >= 0.3 is 0 Å². The van der Waals surface area contributed by atoms with Gasteiger partial charge in [-0.25, -0.2) is 0 Å². The second-order valence-electron chi connectivity index (χ2n) is 5.96. The third kappa shape index (κ3) is 2.99. The van der Waals surface area contributed by atoms with Gasteiger partial charge in [0.05, 0.1) is 6.04 Å². The number of nitrogens with one attached hydrogen (secondary N) is 1. The molecule has 1 saturated carbocycles. The predicted octanol–water partition coefficient (Wildman–Crippen LogP) is 3.52. The molecule has 4 rings (SSSR count). The molecule has 118 valence electrons. The number of rotatable bonds is 4. The first-order chi connectivity index (χ1) is 11.3. The quantitative estimate of drug-likeness (QED) is 0.793. The molecule has 7 heteroatoms. The van der Waals surface area contributed by atoms with Crippen molar-refractivity contribution in [3.05, 3.63) is 47.0 Å². The van der Waals surface area contributed by atoms with E-state index >= 15 is 0 Å². The molecule has 1 N–H and O–H groups in total. The number of tetrazole rings is 1. The molecule has 0 bridgehead atoms. The fourth-order valence-electron chi connectivity index (χ4n) is 3.32. The van der Waals surface area contributed by atoms with E-state index in [1.54, 1.807) is 0 Å². The fraction of sp³-hybridized carbons (Fsp3) is 0.375. The number of anilines is 1. The first-order valence-electron chi connectivity index (χ1n) is 7.87. The Hall–Kier alpha value is -2.21. The molecule has 1 fully saturated rings. The molecule has 23 heavy (non-hydrogen) atoms. The minimum Gasteiger partial charge on any atom is -0.361 e. The zero-order valence-electron chi connectivity index (χ0n) is 12.6. The Morgan fingerprint density at radius 2 is 1.87 bits per heavy atom. The molecule has 6 nitrogen and oxygen atoms in total. The summed E-state index contributed by atoms with van der Waals surface area (Å²) in [5, 5.41) is 20.1. The van der Waals surface area contributed by atoms with Crippen LogP contribution in [0, 0.1) is 5.92 Å². The molecular formula is C16H17ClN6. The Bertz CT molecular complexity index is 794. The summed E-state index contributed by atoms with van der Waals surface area (Å²) in [6.45, 7) is 0. The average Bonchev–Trinajstić information content (AvgIpc) is 3.24. The van der Waals surface area contributed by atoms with Gasteiger partial charge in [0.25, 0.3) is 0 Å². The van der Waals surface area contributed by atoms with E-state index in [9.17, 15) is 0 Å². The van der Waals surface area contributed by atoms with E-state index in [-0.39, 0.29) is 6.04 Å². The molecule has 0 aliphatic heterocycles. The number of aromatic nitrogens is 5. The van der Waals surface area contributed by atoms with E-state index in [0.717, 1.165) is 10.8 Å². The summed E-state index contributed by atoms with van der Waals surface area (Å²) in [7, 11) is 0. The number of hydrogen-bond donors (Lipinski definition) is 1. The molecule has 2 heterocycles. The van der Waals surface area contributed by atoms with Gasteiger partial charge in [0.15, 0.2) is 5.65 Å². The van der Waals surface area contributed by atoms with Gasteiger partial charge in [0, 0.05) is 5.02 Å². The lowest BCUT2D eigenvalue weighted by Gasteiger charge is -2.25. The molecule has 0 saturated heterocycles.